The Kier molecular flexibility index (Phi) is 4.86. The van der Waals surface area contributed by atoms with Gasteiger partial charge in [-0.1, -0.05) is 0 Å². The maximum atomic E-state index is 12.9. The van der Waals surface area contributed by atoms with Crippen molar-refractivity contribution in [3.63, 3.8) is 0 Å². The summed E-state index contributed by atoms with van der Waals surface area (Å²) in [7, 11) is 1.59. The van der Waals surface area contributed by atoms with Gasteiger partial charge >= 0.3 is 6.18 Å². The molecular formula is C13H20F3N3O. The molecule has 0 saturated heterocycles. The standard InChI is InChI=1S/C13H20F3N3O/c1-5-17-10-6-9(13(14,15)16)7-11(18-10)19(4)8-12(2,3)20/h6-7,20H,5,8H2,1-4H3,(H,17,18). The minimum Gasteiger partial charge on any atom is -0.389 e. The quantitative estimate of drug-likeness (QED) is 0.876. The third kappa shape index (κ3) is 4.88. The van der Waals surface area contributed by atoms with Gasteiger partial charge in [-0.25, -0.2) is 4.98 Å². The van der Waals surface area contributed by atoms with E-state index in [1.165, 1.54) is 4.90 Å². The van der Waals surface area contributed by atoms with Gasteiger partial charge in [-0.15, -0.1) is 0 Å². The van der Waals surface area contributed by atoms with Crippen LogP contribution >= 0.6 is 0 Å². The third-order valence-electron chi connectivity index (χ3n) is 2.51. The van der Waals surface area contributed by atoms with Gasteiger partial charge in [0.1, 0.15) is 11.6 Å². The van der Waals surface area contributed by atoms with Gasteiger partial charge in [0.15, 0.2) is 0 Å². The number of alkyl halides is 3. The lowest BCUT2D eigenvalue weighted by atomic mass is 10.1. The van der Waals surface area contributed by atoms with E-state index in [-0.39, 0.29) is 18.2 Å². The van der Waals surface area contributed by atoms with Gasteiger partial charge in [-0.2, -0.15) is 13.2 Å². The Hall–Kier alpha value is -1.50. The molecule has 1 heterocycles. The van der Waals surface area contributed by atoms with Crippen LogP contribution in [0.1, 0.15) is 26.3 Å². The molecule has 1 aromatic heterocycles. The fourth-order valence-corrected chi connectivity index (χ4v) is 1.81. The van der Waals surface area contributed by atoms with Crippen LogP contribution < -0.4 is 10.2 Å². The van der Waals surface area contributed by atoms with Crippen LogP contribution in [0.3, 0.4) is 0 Å². The molecule has 0 atom stereocenters. The molecule has 0 bridgehead atoms. The van der Waals surface area contributed by atoms with Gasteiger partial charge in [0.05, 0.1) is 11.2 Å². The van der Waals surface area contributed by atoms with Gasteiger partial charge in [-0.3, -0.25) is 0 Å². The van der Waals surface area contributed by atoms with Crippen molar-refractivity contribution in [2.24, 2.45) is 0 Å². The molecular weight excluding hydrogens is 271 g/mol. The number of nitrogens with zero attached hydrogens (tertiary/aromatic N) is 2. The van der Waals surface area contributed by atoms with Crippen LogP contribution in [-0.2, 0) is 6.18 Å². The van der Waals surface area contributed by atoms with Crippen LogP contribution in [0, 0.1) is 0 Å². The highest BCUT2D eigenvalue weighted by Gasteiger charge is 2.32. The van der Waals surface area contributed by atoms with E-state index in [2.05, 4.69) is 10.3 Å². The molecule has 0 radical (unpaired) electrons. The average Bonchev–Trinajstić information content (AvgIpc) is 2.25. The number of aliphatic hydroxyl groups is 1. The molecule has 2 N–H and O–H groups in total. The number of halogens is 3. The van der Waals surface area contributed by atoms with Crippen molar-refractivity contribution < 1.29 is 18.3 Å². The first-order valence-electron chi connectivity index (χ1n) is 6.29. The number of hydrogen-bond acceptors (Lipinski definition) is 4. The number of likely N-dealkylation sites (N-methyl/N-ethyl adjacent to an activating group) is 1. The molecule has 7 heteroatoms. The van der Waals surface area contributed by atoms with Crippen molar-refractivity contribution in [3.05, 3.63) is 17.7 Å². The van der Waals surface area contributed by atoms with Crippen molar-refractivity contribution in [3.8, 4) is 0 Å². The Bertz CT molecular complexity index is 455. The zero-order chi connectivity index (χ0) is 15.6. The Morgan fingerprint density at radius 3 is 2.35 bits per heavy atom. The van der Waals surface area contributed by atoms with Crippen LogP contribution in [0.4, 0.5) is 24.8 Å². The summed E-state index contributed by atoms with van der Waals surface area (Å²) in [6.45, 7) is 5.60. The molecule has 4 nitrogen and oxygen atoms in total. The smallest absolute Gasteiger partial charge is 0.389 e. The second-order valence-electron chi connectivity index (χ2n) is 5.30. The van der Waals surface area contributed by atoms with Crippen LogP contribution in [0.5, 0.6) is 0 Å². The van der Waals surface area contributed by atoms with E-state index >= 15 is 0 Å². The van der Waals surface area contributed by atoms with E-state index in [0.717, 1.165) is 12.1 Å². The molecule has 0 unspecified atom stereocenters. The lowest BCUT2D eigenvalue weighted by molar-refractivity contribution is -0.137. The predicted octanol–water partition coefficient (Wildman–Crippen LogP) is 2.74. The summed E-state index contributed by atoms with van der Waals surface area (Å²) in [5.74, 6) is 0.331. The van der Waals surface area contributed by atoms with E-state index < -0.39 is 17.3 Å². The van der Waals surface area contributed by atoms with Gasteiger partial charge in [0, 0.05) is 20.1 Å². The maximum Gasteiger partial charge on any atom is 0.416 e. The molecule has 0 aliphatic rings. The minimum atomic E-state index is -4.43. The van der Waals surface area contributed by atoms with Crippen molar-refractivity contribution in [1.29, 1.82) is 0 Å². The molecule has 0 fully saturated rings. The number of hydrogen-bond donors (Lipinski definition) is 2. The van der Waals surface area contributed by atoms with E-state index in [4.69, 9.17) is 0 Å². The number of rotatable bonds is 5. The van der Waals surface area contributed by atoms with Crippen LogP contribution in [0.2, 0.25) is 0 Å². The fourth-order valence-electron chi connectivity index (χ4n) is 1.81. The summed E-state index contributed by atoms with van der Waals surface area (Å²) in [6, 6.07) is 1.96. The number of anilines is 2. The molecule has 1 rings (SSSR count). The molecule has 114 valence electrons. The lowest BCUT2D eigenvalue weighted by Gasteiger charge is -2.27. The molecule has 20 heavy (non-hydrogen) atoms. The topological polar surface area (TPSA) is 48.4 Å². The van der Waals surface area contributed by atoms with Gasteiger partial charge < -0.3 is 15.3 Å². The Morgan fingerprint density at radius 2 is 1.90 bits per heavy atom. The first-order valence-corrected chi connectivity index (χ1v) is 6.29. The number of nitrogens with one attached hydrogen (secondary N) is 1. The Morgan fingerprint density at radius 1 is 1.30 bits per heavy atom. The van der Waals surface area contributed by atoms with Crippen LogP contribution in [0.15, 0.2) is 12.1 Å². The van der Waals surface area contributed by atoms with E-state index in [1.54, 1.807) is 27.8 Å². The highest BCUT2D eigenvalue weighted by atomic mass is 19.4. The molecule has 0 aliphatic carbocycles. The minimum absolute atomic E-state index is 0.165. The monoisotopic (exact) mass is 291 g/mol. The van der Waals surface area contributed by atoms with Crippen molar-refractivity contribution >= 4 is 11.6 Å². The van der Waals surface area contributed by atoms with E-state index in [0.29, 0.717) is 6.54 Å². The first-order chi connectivity index (χ1) is 9.03. The summed E-state index contributed by atoms with van der Waals surface area (Å²) in [4.78, 5) is 5.62. The van der Waals surface area contributed by atoms with E-state index in [1.807, 2.05) is 0 Å². The summed E-state index contributed by atoms with van der Waals surface area (Å²) >= 11 is 0. The zero-order valence-corrected chi connectivity index (χ0v) is 12.0. The molecule has 0 amide bonds. The fraction of sp³-hybridized carbons (Fsp3) is 0.615. The van der Waals surface area contributed by atoms with Gasteiger partial charge in [0.25, 0.3) is 0 Å². The van der Waals surface area contributed by atoms with Gasteiger partial charge in [0.2, 0.25) is 0 Å². The van der Waals surface area contributed by atoms with E-state index in [9.17, 15) is 18.3 Å². The second-order valence-corrected chi connectivity index (χ2v) is 5.30. The number of pyridine rings is 1. The summed E-state index contributed by atoms with van der Waals surface area (Å²) in [6.07, 6.45) is -4.43. The van der Waals surface area contributed by atoms with Crippen LogP contribution in [0.25, 0.3) is 0 Å². The van der Waals surface area contributed by atoms with Gasteiger partial charge in [-0.05, 0) is 32.9 Å². The van der Waals surface area contributed by atoms with Crippen molar-refractivity contribution in [1.82, 2.24) is 4.98 Å². The molecule has 1 aromatic rings. The lowest BCUT2D eigenvalue weighted by Crippen LogP contribution is -2.36. The highest BCUT2D eigenvalue weighted by molar-refractivity contribution is 5.51. The molecule has 0 aliphatic heterocycles. The Balaban J connectivity index is 3.15. The molecule has 0 saturated carbocycles. The Labute approximate surface area is 116 Å². The zero-order valence-electron chi connectivity index (χ0n) is 12.0. The summed E-state index contributed by atoms with van der Waals surface area (Å²) in [5.41, 5.74) is -1.79. The summed E-state index contributed by atoms with van der Waals surface area (Å²) < 4.78 is 38.6. The van der Waals surface area contributed by atoms with Crippen LogP contribution in [-0.4, -0.2) is 35.8 Å². The normalized spacial score (nSPS) is 12.4. The predicted molar refractivity (Wildman–Crippen MR) is 73.0 cm³/mol. The van der Waals surface area contributed by atoms with Crippen molar-refractivity contribution in [2.75, 3.05) is 30.4 Å². The summed E-state index contributed by atoms with van der Waals surface area (Å²) in [5, 5.41) is 12.5. The largest absolute Gasteiger partial charge is 0.416 e. The van der Waals surface area contributed by atoms with Crippen molar-refractivity contribution in [2.45, 2.75) is 32.5 Å². The molecule has 0 aromatic carbocycles. The number of aromatic nitrogens is 1. The second kappa shape index (κ2) is 5.87. The first kappa shape index (κ1) is 16.6. The maximum absolute atomic E-state index is 12.9. The molecule has 0 spiro atoms. The SMILES string of the molecule is CCNc1cc(C(F)(F)F)cc(N(C)CC(C)(C)O)n1. The average molecular weight is 291 g/mol. The third-order valence-corrected chi connectivity index (χ3v) is 2.51. The highest BCUT2D eigenvalue weighted by Crippen LogP contribution is 2.32.